The molecule has 0 unspecified atom stereocenters. The van der Waals surface area contributed by atoms with Crippen LogP contribution in [0.4, 0.5) is 0 Å². The molecule has 0 amide bonds. The van der Waals surface area contributed by atoms with Crippen LogP contribution in [0.15, 0.2) is 23.1 Å². The average molecular weight is 313 g/mol. The number of hydrogen-bond acceptors (Lipinski definition) is 5. The van der Waals surface area contributed by atoms with Gasteiger partial charge < -0.3 is 14.0 Å². The minimum Gasteiger partial charge on any atom is -0.495 e. The van der Waals surface area contributed by atoms with Crippen LogP contribution in [0.25, 0.3) is 0 Å². The smallest absolute Gasteiger partial charge is 0.494 e. The fraction of sp³-hybridized carbons (Fsp3) is 0.538. The van der Waals surface area contributed by atoms with Crippen LogP contribution in [0.3, 0.4) is 0 Å². The first-order valence-electron chi connectivity index (χ1n) is 6.54. The standard InChI is InChI=1S/C13H20BNO5S/c1-12(2)13(3,4)20-14(19-12)9-6-7-10(18-5)11(8-9)21(15,16)17/h6-8H,1-5H3,(H2,15,16,17). The van der Waals surface area contributed by atoms with Gasteiger partial charge in [0.15, 0.2) is 0 Å². The van der Waals surface area contributed by atoms with Crippen molar-refractivity contribution in [2.45, 2.75) is 43.8 Å². The summed E-state index contributed by atoms with van der Waals surface area (Å²) < 4.78 is 40.1. The number of methoxy groups -OCH3 is 1. The first kappa shape index (κ1) is 16.3. The lowest BCUT2D eigenvalue weighted by Crippen LogP contribution is -2.41. The van der Waals surface area contributed by atoms with Crippen molar-refractivity contribution in [3.05, 3.63) is 18.2 Å². The topological polar surface area (TPSA) is 87.8 Å². The largest absolute Gasteiger partial charge is 0.495 e. The minimum atomic E-state index is -3.89. The lowest BCUT2D eigenvalue weighted by atomic mass is 9.79. The van der Waals surface area contributed by atoms with Gasteiger partial charge in [-0.25, -0.2) is 13.6 Å². The molecule has 1 aliphatic rings. The summed E-state index contributed by atoms with van der Waals surface area (Å²) in [5, 5.41) is 5.22. The van der Waals surface area contributed by atoms with E-state index in [-0.39, 0.29) is 10.6 Å². The maximum absolute atomic E-state index is 11.7. The van der Waals surface area contributed by atoms with E-state index in [0.29, 0.717) is 5.46 Å². The Morgan fingerprint density at radius 2 is 1.67 bits per heavy atom. The van der Waals surface area contributed by atoms with Gasteiger partial charge in [-0.05, 0) is 45.3 Å². The Balaban J connectivity index is 2.44. The van der Waals surface area contributed by atoms with Crippen molar-refractivity contribution in [2.24, 2.45) is 5.14 Å². The van der Waals surface area contributed by atoms with Crippen LogP contribution < -0.4 is 15.3 Å². The number of ether oxygens (including phenoxy) is 1. The zero-order valence-electron chi connectivity index (χ0n) is 12.8. The summed E-state index contributed by atoms with van der Waals surface area (Å²) in [6, 6.07) is 4.67. The highest BCUT2D eigenvalue weighted by Gasteiger charge is 2.51. The Bertz CT molecular complexity index is 641. The zero-order chi connectivity index (χ0) is 16.1. The summed E-state index contributed by atoms with van der Waals surface area (Å²) in [7, 11) is -3.16. The molecule has 2 rings (SSSR count). The maximum Gasteiger partial charge on any atom is 0.494 e. The molecule has 6 nitrogen and oxygen atoms in total. The van der Waals surface area contributed by atoms with Crippen molar-refractivity contribution in [1.82, 2.24) is 0 Å². The monoisotopic (exact) mass is 313 g/mol. The fourth-order valence-electron chi connectivity index (χ4n) is 2.04. The van der Waals surface area contributed by atoms with Gasteiger partial charge in [0.1, 0.15) is 10.6 Å². The Morgan fingerprint density at radius 1 is 1.14 bits per heavy atom. The van der Waals surface area contributed by atoms with Crippen molar-refractivity contribution in [2.75, 3.05) is 7.11 Å². The third-order valence-electron chi connectivity index (χ3n) is 4.02. The Morgan fingerprint density at radius 3 is 2.10 bits per heavy atom. The van der Waals surface area contributed by atoms with E-state index in [1.54, 1.807) is 12.1 Å². The highest BCUT2D eigenvalue weighted by atomic mass is 32.2. The number of sulfonamides is 1. The number of nitrogens with two attached hydrogens (primary N) is 1. The van der Waals surface area contributed by atoms with E-state index < -0.39 is 28.3 Å². The molecule has 1 heterocycles. The van der Waals surface area contributed by atoms with E-state index in [2.05, 4.69) is 0 Å². The van der Waals surface area contributed by atoms with E-state index in [1.165, 1.54) is 13.2 Å². The quantitative estimate of drug-likeness (QED) is 0.828. The number of benzene rings is 1. The highest BCUT2D eigenvalue weighted by molar-refractivity contribution is 7.89. The van der Waals surface area contributed by atoms with Crippen LogP contribution in [0.5, 0.6) is 5.75 Å². The molecule has 1 fully saturated rings. The summed E-state index contributed by atoms with van der Waals surface area (Å²) in [6.45, 7) is 7.71. The molecule has 0 saturated carbocycles. The molecule has 0 aliphatic carbocycles. The Labute approximate surface area is 125 Å². The summed E-state index contributed by atoms with van der Waals surface area (Å²) in [5.74, 6) is 0.192. The van der Waals surface area contributed by atoms with Gasteiger partial charge in [0.2, 0.25) is 10.0 Å². The second-order valence-electron chi connectivity index (χ2n) is 6.04. The van der Waals surface area contributed by atoms with Crippen molar-refractivity contribution >= 4 is 22.6 Å². The summed E-state index contributed by atoms with van der Waals surface area (Å²) in [4.78, 5) is -0.0859. The molecular formula is C13H20BNO5S. The molecule has 0 spiro atoms. The molecule has 0 aromatic heterocycles. The van der Waals surface area contributed by atoms with Gasteiger partial charge in [-0.2, -0.15) is 0 Å². The Kier molecular flexibility index (Phi) is 3.86. The average Bonchev–Trinajstić information content (AvgIpc) is 2.56. The van der Waals surface area contributed by atoms with E-state index in [0.717, 1.165) is 0 Å². The Hall–Kier alpha value is -1.09. The summed E-state index contributed by atoms with van der Waals surface area (Å²) in [6.07, 6.45) is 0. The van der Waals surface area contributed by atoms with Crippen LogP contribution in [-0.2, 0) is 19.3 Å². The second kappa shape index (κ2) is 4.98. The third-order valence-corrected chi connectivity index (χ3v) is 4.95. The molecule has 2 N–H and O–H groups in total. The number of primary sulfonamides is 1. The van der Waals surface area contributed by atoms with Gasteiger partial charge in [0.25, 0.3) is 0 Å². The lowest BCUT2D eigenvalue weighted by molar-refractivity contribution is 0.00578. The first-order chi connectivity index (χ1) is 9.48. The summed E-state index contributed by atoms with van der Waals surface area (Å²) >= 11 is 0. The molecule has 0 bridgehead atoms. The molecule has 1 saturated heterocycles. The molecule has 0 atom stereocenters. The van der Waals surface area contributed by atoms with Crippen LogP contribution in [0.1, 0.15) is 27.7 Å². The normalized spacial score (nSPS) is 20.6. The summed E-state index contributed by atoms with van der Waals surface area (Å²) in [5.41, 5.74) is -0.419. The molecule has 8 heteroatoms. The van der Waals surface area contributed by atoms with Crippen LogP contribution in [0, 0.1) is 0 Å². The van der Waals surface area contributed by atoms with E-state index in [4.69, 9.17) is 19.2 Å². The SMILES string of the molecule is COc1ccc(B2OC(C)(C)C(C)(C)O2)cc1S(N)(=O)=O. The van der Waals surface area contributed by atoms with Gasteiger partial charge >= 0.3 is 7.12 Å². The number of hydrogen-bond donors (Lipinski definition) is 1. The van der Waals surface area contributed by atoms with Crippen LogP contribution >= 0.6 is 0 Å². The first-order valence-corrected chi connectivity index (χ1v) is 8.09. The predicted octanol–water partition coefficient (Wildman–Crippen LogP) is 0.642. The van der Waals surface area contributed by atoms with Crippen molar-refractivity contribution in [3.63, 3.8) is 0 Å². The fourth-order valence-corrected chi connectivity index (χ4v) is 2.77. The molecule has 0 radical (unpaired) electrons. The van der Waals surface area contributed by atoms with Crippen LogP contribution in [0.2, 0.25) is 0 Å². The molecular weight excluding hydrogens is 293 g/mol. The van der Waals surface area contributed by atoms with Gasteiger partial charge in [0.05, 0.1) is 18.3 Å². The maximum atomic E-state index is 11.7. The lowest BCUT2D eigenvalue weighted by Gasteiger charge is -2.32. The highest BCUT2D eigenvalue weighted by Crippen LogP contribution is 2.36. The molecule has 1 aromatic carbocycles. The molecule has 1 aromatic rings. The van der Waals surface area contributed by atoms with E-state index >= 15 is 0 Å². The third kappa shape index (κ3) is 2.94. The predicted molar refractivity (Wildman–Crippen MR) is 80.1 cm³/mol. The van der Waals surface area contributed by atoms with Gasteiger partial charge in [-0.1, -0.05) is 6.07 Å². The van der Waals surface area contributed by atoms with Crippen molar-refractivity contribution in [3.8, 4) is 5.75 Å². The van der Waals surface area contributed by atoms with Gasteiger partial charge in [-0.15, -0.1) is 0 Å². The van der Waals surface area contributed by atoms with Gasteiger partial charge in [0, 0.05) is 0 Å². The molecule has 21 heavy (non-hydrogen) atoms. The van der Waals surface area contributed by atoms with Crippen molar-refractivity contribution < 1.29 is 22.5 Å². The van der Waals surface area contributed by atoms with Gasteiger partial charge in [-0.3, -0.25) is 0 Å². The molecule has 1 aliphatic heterocycles. The van der Waals surface area contributed by atoms with Crippen LogP contribution in [-0.4, -0.2) is 33.8 Å². The van der Waals surface area contributed by atoms with E-state index in [1.807, 2.05) is 27.7 Å². The minimum absolute atomic E-state index is 0.0859. The van der Waals surface area contributed by atoms with E-state index in [9.17, 15) is 8.42 Å². The molecule has 116 valence electrons. The second-order valence-corrected chi connectivity index (χ2v) is 7.57. The number of rotatable bonds is 3. The van der Waals surface area contributed by atoms with Crippen molar-refractivity contribution in [1.29, 1.82) is 0 Å². The zero-order valence-corrected chi connectivity index (χ0v) is 13.7.